The Bertz CT molecular complexity index is 801. The van der Waals surface area contributed by atoms with Crippen molar-refractivity contribution >= 4 is 11.6 Å². The van der Waals surface area contributed by atoms with E-state index in [4.69, 9.17) is 4.74 Å². The van der Waals surface area contributed by atoms with Crippen molar-refractivity contribution in [3.63, 3.8) is 0 Å². The second-order valence-corrected chi connectivity index (χ2v) is 7.33. The van der Waals surface area contributed by atoms with Gasteiger partial charge >= 0.3 is 0 Å². The number of ether oxygens (including phenoxy) is 1. The summed E-state index contributed by atoms with van der Waals surface area (Å²) in [7, 11) is 1.69. The lowest BCUT2D eigenvalue weighted by atomic mass is 9.82. The Morgan fingerprint density at radius 1 is 1.24 bits per heavy atom. The summed E-state index contributed by atoms with van der Waals surface area (Å²) in [6.45, 7) is 5.52. The fraction of sp³-hybridized carbons (Fsp3) is 0.450. The van der Waals surface area contributed by atoms with Gasteiger partial charge in [0.2, 0.25) is 5.91 Å². The summed E-state index contributed by atoms with van der Waals surface area (Å²) in [6, 6.07) is 10.4. The third-order valence-corrected chi connectivity index (χ3v) is 5.50. The minimum atomic E-state index is -0.128. The Hall–Kier alpha value is -2.43. The number of likely N-dealkylation sites (tertiary alicyclic amines) is 1. The molecule has 2 aromatic rings. The first-order valence-corrected chi connectivity index (χ1v) is 8.97. The summed E-state index contributed by atoms with van der Waals surface area (Å²) >= 11 is 0. The van der Waals surface area contributed by atoms with Gasteiger partial charge in [-0.3, -0.25) is 4.79 Å². The van der Waals surface area contributed by atoms with E-state index in [1.807, 2.05) is 24.8 Å². The van der Waals surface area contributed by atoms with Crippen molar-refractivity contribution in [1.29, 1.82) is 0 Å². The van der Waals surface area contributed by atoms with E-state index >= 15 is 0 Å². The number of carbonyl (C=O) groups excluding carboxylic acids is 1. The molecule has 0 saturated carbocycles. The molecule has 0 unspecified atom stereocenters. The Morgan fingerprint density at radius 3 is 2.68 bits per heavy atom. The fourth-order valence-electron chi connectivity index (χ4n) is 4.11. The molecule has 0 bridgehead atoms. The van der Waals surface area contributed by atoms with Crippen LogP contribution in [0.1, 0.15) is 32.4 Å². The zero-order valence-electron chi connectivity index (χ0n) is 15.1. The molecule has 2 aliphatic rings. The van der Waals surface area contributed by atoms with Crippen LogP contribution in [-0.4, -0.2) is 35.6 Å². The molecule has 25 heavy (non-hydrogen) atoms. The molecule has 5 heteroatoms. The number of piperidine rings is 1. The first-order chi connectivity index (χ1) is 12.0. The lowest BCUT2D eigenvalue weighted by molar-refractivity contribution is -0.136. The number of rotatable bonds is 2. The van der Waals surface area contributed by atoms with Crippen LogP contribution >= 0.6 is 0 Å². The van der Waals surface area contributed by atoms with Gasteiger partial charge in [0.1, 0.15) is 5.75 Å². The highest BCUT2D eigenvalue weighted by atomic mass is 16.5. The molecule has 1 aromatic heterocycles. The standard InChI is InChI=1S/C20H25N3O2/c1-14(2)19(24)22-11-8-20(9-12-22)18-5-4-10-23(18)17-7-6-15(25-3)13-16(17)21-20/h4-7,10,13-14,21H,8-9,11-12H2,1-3H3. The zero-order chi connectivity index (χ0) is 17.6. The molecule has 3 heterocycles. The van der Waals surface area contributed by atoms with Gasteiger partial charge in [-0.1, -0.05) is 13.8 Å². The van der Waals surface area contributed by atoms with E-state index in [0.717, 1.165) is 43.1 Å². The second-order valence-electron chi connectivity index (χ2n) is 7.33. The number of aromatic nitrogens is 1. The Balaban J connectivity index is 1.67. The minimum Gasteiger partial charge on any atom is -0.497 e. The van der Waals surface area contributed by atoms with Crippen molar-refractivity contribution in [2.75, 3.05) is 25.5 Å². The van der Waals surface area contributed by atoms with Crippen molar-refractivity contribution in [1.82, 2.24) is 9.47 Å². The van der Waals surface area contributed by atoms with Gasteiger partial charge in [-0.15, -0.1) is 0 Å². The predicted octanol–water partition coefficient (Wildman–Crippen LogP) is 3.39. The van der Waals surface area contributed by atoms with Crippen molar-refractivity contribution in [3.05, 3.63) is 42.2 Å². The number of hydrogen-bond donors (Lipinski definition) is 1. The Kier molecular flexibility index (Phi) is 3.74. The molecule has 132 valence electrons. The highest BCUT2D eigenvalue weighted by Gasteiger charge is 2.42. The molecule has 2 aliphatic heterocycles. The van der Waals surface area contributed by atoms with Gasteiger partial charge in [0, 0.05) is 37.0 Å². The van der Waals surface area contributed by atoms with E-state index in [9.17, 15) is 4.79 Å². The maximum absolute atomic E-state index is 12.3. The van der Waals surface area contributed by atoms with E-state index < -0.39 is 0 Å². The normalized spacial score (nSPS) is 17.8. The molecule has 0 atom stereocenters. The maximum atomic E-state index is 12.3. The summed E-state index contributed by atoms with van der Waals surface area (Å²) < 4.78 is 7.67. The van der Waals surface area contributed by atoms with Crippen LogP contribution in [0.15, 0.2) is 36.5 Å². The second kappa shape index (κ2) is 5.83. The lowest BCUT2D eigenvalue weighted by Gasteiger charge is -2.46. The van der Waals surface area contributed by atoms with Crippen LogP contribution in [-0.2, 0) is 10.3 Å². The van der Waals surface area contributed by atoms with Gasteiger partial charge in [0.05, 0.1) is 24.0 Å². The SMILES string of the molecule is COc1ccc2c(c1)NC1(CCN(C(=O)C(C)C)CC1)c1cccn1-2. The molecule has 5 nitrogen and oxygen atoms in total. The zero-order valence-corrected chi connectivity index (χ0v) is 15.1. The summed E-state index contributed by atoms with van der Waals surface area (Å²) in [6.07, 6.45) is 3.94. The first-order valence-electron chi connectivity index (χ1n) is 8.97. The number of amides is 1. The van der Waals surface area contributed by atoms with Gasteiger partial charge < -0.3 is 19.5 Å². The van der Waals surface area contributed by atoms with Crippen molar-refractivity contribution in [2.45, 2.75) is 32.2 Å². The highest BCUT2D eigenvalue weighted by Crippen LogP contribution is 2.44. The van der Waals surface area contributed by atoms with Crippen LogP contribution < -0.4 is 10.1 Å². The molecule has 0 radical (unpaired) electrons. The van der Waals surface area contributed by atoms with E-state index in [1.165, 1.54) is 5.69 Å². The Labute approximate surface area is 148 Å². The van der Waals surface area contributed by atoms with Crippen LogP contribution in [0.4, 0.5) is 5.69 Å². The van der Waals surface area contributed by atoms with Crippen molar-refractivity contribution in [3.8, 4) is 11.4 Å². The first kappa shape index (κ1) is 16.1. The van der Waals surface area contributed by atoms with Gasteiger partial charge in [-0.05, 0) is 37.1 Å². The van der Waals surface area contributed by atoms with Gasteiger partial charge in [-0.25, -0.2) is 0 Å². The van der Waals surface area contributed by atoms with Crippen LogP contribution in [0.3, 0.4) is 0 Å². The fourth-order valence-corrected chi connectivity index (χ4v) is 4.11. The van der Waals surface area contributed by atoms with Gasteiger partial charge in [-0.2, -0.15) is 0 Å². The van der Waals surface area contributed by atoms with Crippen LogP contribution in [0, 0.1) is 5.92 Å². The van der Waals surface area contributed by atoms with E-state index in [1.54, 1.807) is 7.11 Å². The third-order valence-electron chi connectivity index (χ3n) is 5.50. The molecule has 1 aromatic carbocycles. The minimum absolute atomic E-state index is 0.0576. The van der Waals surface area contributed by atoms with E-state index in [-0.39, 0.29) is 17.4 Å². The third kappa shape index (κ3) is 2.49. The van der Waals surface area contributed by atoms with Crippen LogP contribution in [0.5, 0.6) is 5.75 Å². The molecule has 4 rings (SSSR count). The van der Waals surface area contributed by atoms with Crippen LogP contribution in [0.25, 0.3) is 5.69 Å². The summed E-state index contributed by atoms with van der Waals surface area (Å²) in [5.74, 6) is 1.16. The molecule has 1 spiro atoms. The molecular formula is C20H25N3O2. The van der Waals surface area contributed by atoms with Crippen molar-refractivity contribution in [2.24, 2.45) is 5.92 Å². The smallest absolute Gasteiger partial charge is 0.225 e. The predicted molar refractivity (Wildman–Crippen MR) is 98.3 cm³/mol. The van der Waals surface area contributed by atoms with E-state index in [0.29, 0.717) is 0 Å². The molecule has 0 aliphatic carbocycles. The van der Waals surface area contributed by atoms with Crippen LogP contribution in [0.2, 0.25) is 0 Å². The Morgan fingerprint density at radius 2 is 2.00 bits per heavy atom. The quantitative estimate of drug-likeness (QED) is 0.912. The topological polar surface area (TPSA) is 46.5 Å². The molecule has 1 saturated heterocycles. The number of nitrogens with zero attached hydrogens (tertiary/aromatic N) is 2. The molecule has 1 amide bonds. The number of methoxy groups -OCH3 is 1. The number of benzene rings is 1. The summed E-state index contributed by atoms with van der Waals surface area (Å²) in [4.78, 5) is 14.3. The summed E-state index contributed by atoms with van der Waals surface area (Å²) in [5, 5.41) is 3.78. The largest absolute Gasteiger partial charge is 0.497 e. The number of hydrogen-bond acceptors (Lipinski definition) is 3. The summed E-state index contributed by atoms with van der Waals surface area (Å²) in [5.41, 5.74) is 3.39. The number of anilines is 1. The highest BCUT2D eigenvalue weighted by molar-refractivity contribution is 5.78. The average Bonchev–Trinajstić information content (AvgIpc) is 3.12. The number of fused-ring (bicyclic) bond motifs is 4. The maximum Gasteiger partial charge on any atom is 0.225 e. The lowest BCUT2D eigenvalue weighted by Crippen LogP contribution is -2.51. The van der Waals surface area contributed by atoms with E-state index in [2.05, 4.69) is 40.3 Å². The molecule has 1 N–H and O–H groups in total. The molecule has 1 fully saturated rings. The molecular weight excluding hydrogens is 314 g/mol. The average molecular weight is 339 g/mol. The van der Waals surface area contributed by atoms with Gasteiger partial charge in [0.25, 0.3) is 0 Å². The number of nitrogens with one attached hydrogen (secondary N) is 1. The van der Waals surface area contributed by atoms with Gasteiger partial charge in [0.15, 0.2) is 0 Å². The monoisotopic (exact) mass is 339 g/mol. The van der Waals surface area contributed by atoms with Crippen molar-refractivity contribution < 1.29 is 9.53 Å². The number of carbonyl (C=O) groups is 1.